The van der Waals surface area contributed by atoms with Gasteiger partial charge in [-0.1, -0.05) is 15.9 Å². The predicted octanol–water partition coefficient (Wildman–Crippen LogP) is 2.13. The van der Waals surface area contributed by atoms with Crippen molar-refractivity contribution in [3.05, 3.63) is 28.2 Å². The third kappa shape index (κ3) is 3.11. The fourth-order valence-electron chi connectivity index (χ4n) is 1.97. The molecule has 18 heavy (non-hydrogen) atoms. The van der Waals surface area contributed by atoms with E-state index >= 15 is 0 Å². The summed E-state index contributed by atoms with van der Waals surface area (Å²) in [6.45, 7) is 1.93. The molecule has 1 heterocycles. The summed E-state index contributed by atoms with van der Waals surface area (Å²) < 4.78 is 23.6. The van der Waals surface area contributed by atoms with Crippen LogP contribution in [-0.2, 0) is 14.6 Å². The largest absolute Gasteiger partial charge is 0.326 e. The molecule has 1 fully saturated rings. The molecule has 1 amide bonds. The van der Waals surface area contributed by atoms with Crippen molar-refractivity contribution in [3.8, 4) is 0 Å². The fraction of sp³-hybridized carbons (Fsp3) is 0.417. The van der Waals surface area contributed by atoms with Gasteiger partial charge in [0.2, 0.25) is 5.91 Å². The molecule has 0 aliphatic carbocycles. The molecule has 1 aromatic rings. The van der Waals surface area contributed by atoms with E-state index in [1.54, 1.807) is 6.07 Å². The lowest BCUT2D eigenvalue weighted by Gasteiger charge is -2.10. The van der Waals surface area contributed by atoms with E-state index in [4.69, 9.17) is 0 Å². The first-order chi connectivity index (χ1) is 8.37. The SMILES string of the molecule is Cc1cc(NC(=O)[C@@H]2CCS(=O)(=O)C2)ccc1Br. The molecule has 1 N–H and O–H groups in total. The van der Waals surface area contributed by atoms with E-state index in [-0.39, 0.29) is 17.4 Å². The van der Waals surface area contributed by atoms with E-state index in [2.05, 4.69) is 21.2 Å². The number of rotatable bonds is 2. The minimum Gasteiger partial charge on any atom is -0.326 e. The molecule has 0 radical (unpaired) electrons. The number of amides is 1. The van der Waals surface area contributed by atoms with Crippen LogP contribution in [0.1, 0.15) is 12.0 Å². The van der Waals surface area contributed by atoms with Gasteiger partial charge in [-0.15, -0.1) is 0 Å². The molecule has 1 aliphatic rings. The van der Waals surface area contributed by atoms with E-state index in [0.717, 1.165) is 10.0 Å². The molecule has 1 aliphatic heterocycles. The van der Waals surface area contributed by atoms with Gasteiger partial charge >= 0.3 is 0 Å². The maximum Gasteiger partial charge on any atom is 0.228 e. The fourth-order valence-corrected chi connectivity index (χ4v) is 3.96. The van der Waals surface area contributed by atoms with Gasteiger partial charge < -0.3 is 5.32 Å². The number of anilines is 1. The highest BCUT2D eigenvalue weighted by atomic mass is 79.9. The second-order valence-corrected chi connectivity index (χ2v) is 7.64. The highest BCUT2D eigenvalue weighted by Gasteiger charge is 2.32. The third-order valence-corrected chi connectivity index (χ3v) is 5.69. The number of carbonyl (C=O) groups is 1. The summed E-state index contributed by atoms with van der Waals surface area (Å²) in [6, 6.07) is 5.50. The molecule has 0 aromatic heterocycles. The number of aryl methyl sites for hydroxylation is 1. The first-order valence-electron chi connectivity index (χ1n) is 5.65. The number of sulfone groups is 1. The molecule has 0 saturated carbocycles. The Labute approximate surface area is 115 Å². The molecule has 1 aromatic carbocycles. The second kappa shape index (κ2) is 5.01. The zero-order valence-electron chi connectivity index (χ0n) is 9.94. The van der Waals surface area contributed by atoms with Crippen LogP contribution < -0.4 is 5.32 Å². The molecule has 1 saturated heterocycles. The van der Waals surface area contributed by atoms with Gasteiger partial charge in [-0.25, -0.2) is 8.42 Å². The van der Waals surface area contributed by atoms with Gasteiger partial charge in [0.05, 0.1) is 17.4 Å². The van der Waals surface area contributed by atoms with Crippen LogP contribution in [0.2, 0.25) is 0 Å². The summed E-state index contributed by atoms with van der Waals surface area (Å²) in [6.07, 6.45) is 0.420. The molecule has 6 heteroatoms. The van der Waals surface area contributed by atoms with E-state index in [1.165, 1.54) is 0 Å². The smallest absolute Gasteiger partial charge is 0.228 e. The Balaban J connectivity index is 2.06. The number of hydrogen-bond acceptors (Lipinski definition) is 3. The minimum atomic E-state index is -3.02. The van der Waals surface area contributed by atoms with Crippen LogP contribution in [0.5, 0.6) is 0 Å². The molecular weight excluding hydrogens is 318 g/mol. The van der Waals surface area contributed by atoms with Crippen LogP contribution in [0.3, 0.4) is 0 Å². The van der Waals surface area contributed by atoms with Crippen LogP contribution >= 0.6 is 15.9 Å². The van der Waals surface area contributed by atoms with Crippen molar-refractivity contribution in [2.45, 2.75) is 13.3 Å². The quantitative estimate of drug-likeness (QED) is 0.902. The summed E-state index contributed by atoms with van der Waals surface area (Å²) in [7, 11) is -3.02. The van der Waals surface area contributed by atoms with E-state index in [9.17, 15) is 13.2 Å². The Hall–Kier alpha value is -0.880. The monoisotopic (exact) mass is 331 g/mol. The minimum absolute atomic E-state index is 0.0334. The van der Waals surface area contributed by atoms with E-state index in [0.29, 0.717) is 12.1 Å². The van der Waals surface area contributed by atoms with Crippen molar-refractivity contribution in [1.29, 1.82) is 0 Å². The van der Waals surface area contributed by atoms with Gasteiger partial charge in [0.25, 0.3) is 0 Å². The summed E-state index contributed by atoms with van der Waals surface area (Å²) in [5.41, 5.74) is 1.72. The Morgan fingerprint density at radius 1 is 1.44 bits per heavy atom. The molecule has 2 rings (SSSR count). The molecule has 0 bridgehead atoms. The molecule has 1 atom stereocenters. The maximum atomic E-state index is 11.9. The molecular formula is C12H14BrNO3S. The number of halogens is 1. The maximum absolute atomic E-state index is 11.9. The van der Waals surface area contributed by atoms with Crippen LogP contribution in [0.4, 0.5) is 5.69 Å². The average molecular weight is 332 g/mol. The molecule has 0 unspecified atom stereocenters. The Bertz CT molecular complexity index is 583. The number of benzene rings is 1. The van der Waals surface area contributed by atoms with Gasteiger partial charge in [-0.3, -0.25) is 4.79 Å². The van der Waals surface area contributed by atoms with Crippen LogP contribution in [-0.4, -0.2) is 25.8 Å². The Morgan fingerprint density at radius 2 is 2.17 bits per heavy atom. The van der Waals surface area contributed by atoms with Crippen molar-refractivity contribution in [2.24, 2.45) is 5.92 Å². The normalized spacial score (nSPS) is 21.8. The van der Waals surface area contributed by atoms with Crippen LogP contribution in [0.15, 0.2) is 22.7 Å². The Morgan fingerprint density at radius 3 is 2.72 bits per heavy atom. The topological polar surface area (TPSA) is 63.2 Å². The van der Waals surface area contributed by atoms with E-state index in [1.807, 2.05) is 19.1 Å². The lowest BCUT2D eigenvalue weighted by molar-refractivity contribution is -0.119. The van der Waals surface area contributed by atoms with Crippen LogP contribution in [0.25, 0.3) is 0 Å². The zero-order valence-corrected chi connectivity index (χ0v) is 12.3. The van der Waals surface area contributed by atoms with Crippen molar-refractivity contribution in [1.82, 2.24) is 0 Å². The Kier molecular flexibility index (Phi) is 3.77. The molecule has 98 valence electrons. The van der Waals surface area contributed by atoms with Gasteiger partial charge in [0.15, 0.2) is 9.84 Å². The van der Waals surface area contributed by atoms with Gasteiger partial charge in [0, 0.05) is 10.2 Å². The van der Waals surface area contributed by atoms with E-state index < -0.39 is 15.8 Å². The van der Waals surface area contributed by atoms with Crippen molar-refractivity contribution >= 4 is 37.4 Å². The molecule has 0 spiro atoms. The predicted molar refractivity (Wildman–Crippen MR) is 74.3 cm³/mol. The zero-order chi connectivity index (χ0) is 13.3. The van der Waals surface area contributed by atoms with Crippen LogP contribution in [0, 0.1) is 12.8 Å². The molecule has 4 nitrogen and oxygen atoms in total. The standard InChI is InChI=1S/C12H14BrNO3S/c1-8-6-10(2-3-11(8)13)14-12(15)9-4-5-18(16,17)7-9/h2-3,6,9H,4-5,7H2,1H3,(H,14,15)/t9-/m1/s1. The first-order valence-corrected chi connectivity index (χ1v) is 8.26. The summed E-state index contributed by atoms with van der Waals surface area (Å²) in [4.78, 5) is 11.9. The number of carbonyl (C=O) groups excluding carboxylic acids is 1. The first kappa shape index (κ1) is 13.5. The van der Waals surface area contributed by atoms with Gasteiger partial charge in [-0.05, 0) is 37.1 Å². The third-order valence-electron chi connectivity index (χ3n) is 3.03. The summed E-state index contributed by atoms with van der Waals surface area (Å²) in [5, 5.41) is 2.77. The average Bonchev–Trinajstić information content (AvgIpc) is 2.64. The van der Waals surface area contributed by atoms with Crippen molar-refractivity contribution in [3.63, 3.8) is 0 Å². The van der Waals surface area contributed by atoms with Crippen molar-refractivity contribution < 1.29 is 13.2 Å². The summed E-state index contributed by atoms with van der Waals surface area (Å²) in [5.74, 6) is -0.546. The summed E-state index contributed by atoms with van der Waals surface area (Å²) >= 11 is 3.38. The highest BCUT2D eigenvalue weighted by molar-refractivity contribution is 9.10. The lowest BCUT2D eigenvalue weighted by atomic mass is 10.1. The lowest BCUT2D eigenvalue weighted by Crippen LogP contribution is -2.23. The van der Waals surface area contributed by atoms with Crippen molar-refractivity contribution in [2.75, 3.05) is 16.8 Å². The number of nitrogens with one attached hydrogen (secondary N) is 1. The highest BCUT2D eigenvalue weighted by Crippen LogP contribution is 2.23. The van der Waals surface area contributed by atoms with Gasteiger partial charge in [0.1, 0.15) is 0 Å². The number of hydrogen-bond donors (Lipinski definition) is 1. The van der Waals surface area contributed by atoms with Gasteiger partial charge in [-0.2, -0.15) is 0 Å². The second-order valence-electron chi connectivity index (χ2n) is 4.55.